The fourth-order valence-electron chi connectivity index (χ4n) is 2.60. The van der Waals surface area contributed by atoms with Crippen molar-refractivity contribution in [1.29, 1.82) is 0 Å². The molecule has 0 atom stereocenters. The lowest BCUT2D eigenvalue weighted by Gasteiger charge is -2.35. The fraction of sp³-hybridized carbons (Fsp3) is 0.400. The predicted octanol–water partition coefficient (Wildman–Crippen LogP) is 1.59. The molecule has 0 saturated carbocycles. The number of rotatable bonds is 4. The van der Waals surface area contributed by atoms with Crippen molar-refractivity contribution in [2.75, 3.05) is 31.1 Å². The van der Waals surface area contributed by atoms with Gasteiger partial charge in [-0.05, 0) is 12.1 Å². The molecule has 0 amide bonds. The van der Waals surface area contributed by atoms with Crippen LogP contribution in [0.3, 0.4) is 0 Å². The van der Waals surface area contributed by atoms with E-state index in [9.17, 15) is 4.39 Å². The van der Waals surface area contributed by atoms with Crippen molar-refractivity contribution < 1.29 is 8.91 Å². The minimum atomic E-state index is -0.159. The lowest BCUT2D eigenvalue weighted by atomic mass is 10.2. The van der Waals surface area contributed by atoms with Gasteiger partial charge in [0.05, 0.1) is 17.9 Å². The van der Waals surface area contributed by atoms with Crippen LogP contribution in [0.25, 0.3) is 0 Å². The molecule has 1 aliphatic rings. The smallest absolute Gasteiger partial charge is 0.151 e. The van der Waals surface area contributed by atoms with Crippen molar-refractivity contribution >= 4 is 5.69 Å². The van der Waals surface area contributed by atoms with Gasteiger partial charge in [0.1, 0.15) is 5.82 Å². The molecule has 1 aliphatic heterocycles. The zero-order valence-electron chi connectivity index (χ0n) is 11.8. The van der Waals surface area contributed by atoms with Gasteiger partial charge in [-0.1, -0.05) is 17.3 Å². The molecule has 2 N–H and O–H groups in total. The lowest BCUT2D eigenvalue weighted by molar-refractivity contribution is 0.219. The first-order valence-electron chi connectivity index (χ1n) is 7.12. The van der Waals surface area contributed by atoms with E-state index in [1.807, 2.05) is 18.2 Å². The van der Waals surface area contributed by atoms with E-state index in [0.717, 1.165) is 44.2 Å². The normalized spacial score (nSPS) is 16.4. The zero-order chi connectivity index (χ0) is 14.7. The quantitative estimate of drug-likeness (QED) is 0.926. The Balaban J connectivity index is 1.56. The summed E-state index contributed by atoms with van der Waals surface area (Å²) in [6, 6.07) is 8.81. The highest BCUT2D eigenvalue weighted by atomic mass is 19.1. The van der Waals surface area contributed by atoms with Crippen molar-refractivity contribution in [3.05, 3.63) is 47.6 Å². The molecule has 0 bridgehead atoms. The number of nitrogens with zero attached hydrogens (tertiary/aromatic N) is 3. The van der Waals surface area contributed by atoms with Crippen LogP contribution in [0.15, 0.2) is 34.9 Å². The molecular formula is C15H19FN4O. The van der Waals surface area contributed by atoms with E-state index in [0.29, 0.717) is 12.2 Å². The summed E-state index contributed by atoms with van der Waals surface area (Å²) in [5.74, 6) is 0.670. The predicted molar refractivity (Wildman–Crippen MR) is 78.3 cm³/mol. The van der Waals surface area contributed by atoms with Crippen LogP contribution in [0.5, 0.6) is 0 Å². The maximum absolute atomic E-state index is 13.8. The fourth-order valence-corrected chi connectivity index (χ4v) is 2.60. The topological polar surface area (TPSA) is 58.5 Å². The van der Waals surface area contributed by atoms with Gasteiger partial charge < -0.3 is 15.2 Å². The summed E-state index contributed by atoms with van der Waals surface area (Å²) in [6.07, 6.45) is 0. The molecule has 0 aliphatic carbocycles. The minimum absolute atomic E-state index is 0.159. The second-order valence-corrected chi connectivity index (χ2v) is 5.20. The van der Waals surface area contributed by atoms with Gasteiger partial charge in [-0.15, -0.1) is 0 Å². The Bertz CT molecular complexity index is 593. The van der Waals surface area contributed by atoms with Crippen molar-refractivity contribution in [2.24, 2.45) is 5.73 Å². The number of benzene rings is 1. The van der Waals surface area contributed by atoms with Crippen LogP contribution in [-0.2, 0) is 13.1 Å². The van der Waals surface area contributed by atoms with E-state index in [1.165, 1.54) is 6.07 Å². The summed E-state index contributed by atoms with van der Waals surface area (Å²) in [5, 5.41) is 3.89. The third-order valence-electron chi connectivity index (χ3n) is 3.76. The molecular weight excluding hydrogens is 271 g/mol. The van der Waals surface area contributed by atoms with Crippen LogP contribution in [-0.4, -0.2) is 36.2 Å². The highest BCUT2D eigenvalue weighted by Crippen LogP contribution is 2.20. The summed E-state index contributed by atoms with van der Waals surface area (Å²) in [6.45, 7) is 4.46. The SMILES string of the molecule is NCc1cc(CN2CCN(c3ccccc3F)CC2)on1. The van der Waals surface area contributed by atoms with Crippen LogP contribution in [0.4, 0.5) is 10.1 Å². The molecule has 1 aromatic heterocycles. The van der Waals surface area contributed by atoms with E-state index >= 15 is 0 Å². The summed E-state index contributed by atoms with van der Waals surface area (Å²) >= 11 is 0. The zero-order valence-corrected chi connectivity index (χ0v) is 11.8. The Morgan fingerprint density at radius 2 is 1.95 bits per heavy atom. The molecule has 21 heavy (non-hydrogen) atoms. The van der Waals surface area contributed by atoms with Gasteiger partial charge in [0.25, 0.3) is 0 Å². The summed E-state index contributed by atoms with van der Waals surface area (Å²) in [4.78, 5) is 4.36. The Morgan fingerprint density at radius 3 is 2.62 bits per heavy atom. The van der Waals surface area contributed by atoms with E-state index in [4.69, 9.17) is 10.3 Å². The highest BCUT2D eigenvalue weighted by molar-refractivity contribution is 5.47. The van der Waals surface area contributed by atoms with Gasteiger partial charge in [0, 0.05) is 38.8 Å². The van der Waals surface area contributed by atoms with Gasteiger partial charge in [0.2, 0.25) is 0 Å². The van der Waals surface area contributed by atoms with Gasteiger partial charge in [-0.2, -0.15) is 0 Å². The molecule has 0 radical (unpaired) electrons. The summed E-state index contributed by atoms with van der Waals surface area (Å²) in [5.41, 5.74) is 6.97. The van der Waals surface area contributed by atoms with E-state index in [2.05, 4.69) is 15.0 Å². The number of hydrogen-bond acceptors (Lipinski definition) is 5. The molecule has 6 heteroatoms. The Morgan fingerprint density at radius 1 is 1.19 bits per heavy atom. The number of hydrogen-bond donors (Lipinski definition) is 1. The Labute approximate surface area is 123 Å². The minimum Gasteiger partial charge on any atom is -0.367 e. The number of nitrogens with two attached hydrogens (primary N) is 1. The van der Waals surface area contributed by atoms with Crippen molar-refractivity contribution in [3.8, 4) is 0 Å². The standard InChI is InChI=1S/C15H19FN4O/c16-14-3-1-2-4-15(14)20-7-5-19(6-8-20)11-13-9-12(10-17)18-21-13/h1-4,9H,5-8,10-11,17H2. The number of para-hydroxylation sites is 1. The molecule has 2 heterocycles. The third-order valence-corrected chi connectivity index (χ3v) is 3.76. The molecule has 1 saturated heterocycles. The molecule has 3 rings (SSSR count). The first-order valence-corrected chi connectivity index (χ1v) is 7.12. The van der Waals surface area contributed by atoms with Crippen molar-refractivity contribution in [3.63, 3.8) is 0 Å². The summed E-state index contributed by atoms with van der Waals surface area (Å²) < 4.78 is 19.0. The van der Waals surface area contributed by atoms with Crippen molar-refractivity contribution in [2.45, 2.75) is 13.1 Å². The number of piperazine rings is 1. The maximum atomic E-state index is 13.8. The molecule has 1 fully saturated rings. The number of aromatic nitrogens is 1. The van der Waals surface area contributed by atoms with Crippen LogP contribution < -0.4 is 10.6 Å². The van der Waals surface area contributed by atoms with E-state index < -0.39 is 0 Å². The first-order chi connectivity index (χ1) is 10.3. The largest absolute Gasteiger partial charge is 0.367 e. The van der Waals surface area contributed by atoms with Crippen LogP contribution in [0.2, 0.25) is 0 Å². The highest BCUT2D eigenvalue weighted by Gasteiger charge is 2.20. The molecule has 0 spiro atoms. The number of halogens is 1. The van der Waals surface area contributed by atoms with Gasteiger partial charge in [-0.25, -0.2) is 4.39 Å². The molecule has 0 unspecified atom stereocenters. The van der Waals surface area contributed by atoms with Crippen LogP contribution in [0, 0.1) is 5.82 Å². The van der Waals surface area contributed by atoms with Crippen molar-refractivity contribution in [1.82, 2.24) is 10.1 Å². The average molecular weight is 290 g/mol. The second kappa shape index (κ2) is 6.24. The first kappa shape index (κ1) is 14.0. The van der Waals surface area contributed by atoms with Crippen LogP contribution in [0.1, 0.15) is 11.5 Å². The van der Waals surface area contributed by atoms with E-state index in [-0.39, 0.29) is 5.82 Å². The van der Waals surface area contributed by atoms with Gasteiger partial charge in [-0.3, -0.25) is 4.90 Å². The van der Waals surface area contributed by atoms with Crippen LogP contribution >= 0.6 is 0 Å². The molecule has 112 valence electrons. The Kier molecular flexibility index (Phi) is 4.17. The molecule has 5 nitrogen and oxygen atoms in total. The molecule has 2 aromatic rings. The Hall–Kier alpha value is -1.92. The second-order valence-electron chi connectivity index (χ2n) is 5.20. The monoisotopic (exact) mass is 290 g/mol. The van der Waals surface area contributed by atoms with E-state index in [1.54, 1.807) is 6.07 Å². The maximum Gasteiger partial charge on any atom is 0.151 e. The molecule has 1 aromatic carbocycles. The van der Waals surface area contributed by atoms with Gasteiger partial charge in [0.15, 0.2) is 5.76 Å². The number of anilines is 1. The van der Waals surface area contributed by atoms with Gasteiger partial charge >= 0.3 is 0 Å². The lowest BCUT2D eigenvalue weighted by Crippen LogP contribution is -2.46. The third kappa shape index (κ3) is 3.22. The average Bonchev–Trinajstić information content (AvgIpc) is 2.96. The summed E-state index contributed by atoms with van der Waals surface area (Å²) in [7, 11) is 0.